The molecule has 1 aliphatic carbocycles. The van der Waals surface area contributed by atoms with Crippen molar-refractivity contribution in [2.24, 2.45) is 0 Å². The van der Waals surface area contributed by atoms with Crippen molar-refractivity contribution >= 4 is 16.0 Å². The Bertz CT molecular complexity index is 1170. The van der Waals surface area contributed by atoms with E-state index >= 15 is 0 Å². The highest BCUT2D eigenvalue weighted by Gasteiger charge is 2.45. The van der Waals surface area contributed by atoms with Crippen LogP contribution in [0.4, 0.5) is 19.1 Å². The molecule has 3 aliphatic rings. The number of halogens is 3. The minimum absolute atomic E-state index is 0.0666. The Morgan fingerprint density at radius 2 is 2.06 bits per heavy atom. The van der Waals surface area contributed by atoms with Gasteiger partial charge in [-0.1, -0.05) is 12.1 Å². The van der Waals surface area contributed by atoms with E-state index in [1.165, 1.54) is 0 Å². The maximum Gasteiger partial charge on any atom is 0.290 e. The van der Waals surface area contributed by atoms with E-state index in [1.54, 1.807) is 30.0 Å². The summed E-state index contributed by atoms with van der Waals surface area (Å²) in [5.74, 6) is -2.50. The molecule has 1 aromatic heterocycles. The molecule has 2 aliphatic heterocycles. The van der Waals surface area contributed by atoms with Crippen LogP contribution in [-0.4, -0.2) is 50.0 Å². The number of nitrogens with zero attached hydrogens (tertiary/aromatic N) is 3. The molecule has 1 N–H and O–H groups in total. The lowest BCUT2D eigenvalue weighted by Crippen LogP contribution is -2.57. The van der Waals surface area contributed by atoms with Crippen molar-refractivity contribution in [3.05, 3.63) is 35.0 Å². The molecule has 1 aromatic carbocycles. The number of alkyl halides is 3. The first-order valence-electron chi connectivity index (χ1n) is 9.98. The second-order valence-electron chi connectivity index (χ2n) is 8.32. The van der Waals surface area contributed by atoms with Crippen LogP contribution in [0, 0.1) is 0 Å². The summed E-state index contributed by atoms with van der Waals surface area (Å²) in [6.45, 7) is 1.87. The minimum Gasteiger partial charge on any atom is -0.491 e. The van der Waals surface area contributed by atoms with Crippen LogP contribution in [0.2, 0.25) is 0 Å². The molecule has 0 amide bonds. The van der Waals surface area contributed by atoms with Crippen LogP contribution in [0.5, 0.6) is 5.75 Å². The van der Waals surface area contributed by atoms with E-state index in [4.69, 9.17) is 4.74 Å². The number of ether oxygens (including phenoxy) is 1. The van der Waals surface area contributed by atoms with Gasteiger partial charge in [0.15, 0.2) is 0 Å². The topological polar surface area (TPSA) is 84.4 Å². The quantitative estimate of drug-likeness (QED) is 0.765. The lowest BCUT2D eigenvalue weighted by atomic mass is 10.0. The molecule has 0 saturated carbocycles. The fourth-order valence-corrected chi connectivity index (χ4v) is 5.03. The van der Waals surface area contributed by atoms with Gasteiger partial charge in [0.1, 0.15) is 24.2 Å². The number of nitrogens with one attached hydrogen (secondary N) is 1. The standard InChI is InChI=1S/C20H21F3N4O3S/c1-10-14(21)8-27(10)19-24-17(13-5-6-20(22,23)18(13)25-19)11-3-4-12-15(26-31(2,28)29)9-30-16(12)7-11/h3-4,7,10,14-15,26H,5-6,8-9H2,1-2H3/t10-,14-,15-/m0/s1. The summed E-state index contributed by atoms with van der Waals surface area (Å²) in [4.78, 5) is 10.2. The largest absolute Gasteiger partial charge is 0.491 e. The highest BCUT2D eigenvalue weighted by Crippen LogP contribution is 2.46. The maximum absolute atomic E-state index is 14.5. The Hall–Kier alpha value is -2.40. The van der Waals surface area contributed by atoms with Crippen LogP contribution < -0.4 is 14.4 Å². The first-order chi connectivity index (χ1) is 14.5. The first-order valence-corrected chi connectivity index (χ1v) is 11.9. The number of anilines is 1. The van der Waals surface area contributed by atoms with Gasteiger partial charge >= 0.3 is 0 Å². The number of aromatic nitrogens is 2. The monoisotopic (exact) mass is 454 g/mol. The maximum atomic E-state index is 14.5. The SMILES string of the molecule is C[C@H]1[C@@H](F)CN1c1nc(-c2ccc3c(c2)OC[C@@H]3NS(C)(=O)=O)c2c(n1)C(F)(F)CC2. The van der Waals surface area contributed by atoms with Gasteiger partial charge in [0.2, 0.25) is 16.0 Å². The van der Waals surface area contributed by atoms with Gasteiger partial charge in [-0.05, 0) is 19.4 Å². The highest BCUT2D eigenvalue weighted by atomic mass is 32.2. The van der Waals surface area contributed by atoms with E-state index in [1.807, 2.05) is 0 Å². The van der Waals surface area contributed by atoms with Gasteiger partial charge in [0, 0.05) is 23.1 Å². The summed E-state index contributed by atoms with van der Waals surface area (Å²) in [5, 5.41) is 0. The zero-order valence-electron chi connectivity index (χ0n) is 16.9. The van der Waals surface area contributed by atoms with Crippen LogP contribution in [0.3, 0.4) is 0 Å². The van der Waals surface area contributed by atoms with Gasteiger partial charge in [-0.15, -0.1) is 0 Å². The lowest BCUT2D eigenvalue weighted by molar-refractivity contribution is -0.00598. The summed E-state index contributed by atoms with van der Waals surface area (Å²) in [5.41, 5.74) is 1.68. The average Bonchev–Trinajstić information content (AvgIpc) is 3.24. The second kappa shape index (κ2) is 6.80. The summed E-state index contributed by atoms with van der Waals surface area (Å²) < 4.78 is 74.0. The lowest BCUT2D eigenvalue weighted by Gasteiger charge is -2.42. The molecule has 1 fully saturated rings. The van der Waals surface area contributed by atoms with Gasteiger partial charge in [-0.3, -0.25) is 0 Å². The van der Waals surface area contributed by atoms with Crippen molar-refractivity contribution in [1.82, 2.24) is 14.7 Å². The Balaban J connectivity index is 1.57. The molecule has 5 rings (SSSR count). The number of sulfonamides is 1. The summed E-state index contributed by atoms with van der Waals surface area (Å²) in [6, 6.07) is 4.11. The molecule has 7 nitrogen and oxygen atoms in total. The molecule has 0 spiro atoms. The highest BCUT2D eigenvalue weighted by molar-refractivity contribution is 7.88. The fraction of sp³-hybridized carbons (Fsp3) is 0.500. The van der Waals surface area contributed by atoms with Gasteiger partial charge in [-0.2, -0.15) is 8.78 Å². The molecule has 11 heteroatoms. The van der Waals surface area contributed by atoms with E-state index in [0.717, 1.165) is 6.26 Å². The molecule has 31 heavy (non-hydrogen) atoms. The van der Waals surface area contributed by atoms with E-state index in [9.17, 15) is 21.6 Å². The number of fused-ring (bicyclic) bond motifs is 2. The third-order valence-corrected chi connectivity index (χ3v) is 6.81. The van der Waals surface area contributed by atoms with E-state index < -0.39 is 34.2 Å². The second-order valence-corrected chi connectivity index (χ2v) is 10.1. The molecule has 3 heterocycles. The van der Waals surface area contributed by atoms with Gasteiger partial charge in [0.05, 0.1) is 30.6 Å². The summed E-state index contributed by atoms with van der Waals surface area (Å²) in [6.07, 6.45) is -0.191. The number of hydrogen-bond acceptors (Lipinski definition) is 6. The molecular weight excluding hydrogens is 433 g/mol. The van der Waals surface area contributed by atoms with Crippen molar-refractivity contribution in [1.29, 1.82) is 0 Å². The molecule has 1 saturated heterocycles. The van der Waals surface area contributed by atoms with Gasteiger partial charge in [0.25, 0.3) is 5.92 Å². The average molecular weight is 454 g/mol. The third-order valence-electron chi connectivity index (χ3n) is 6.10. The summed E-state index contributed by atoms with van der Waals surface area (Å²) in [7, 11) is -3.43. The first kappa shape index (κ1) is 20.5. The normalized spacial score (nSPS) is 26.2. The van der Waals surface area contributed by atoms with E-state index in [2.05, 4.69) is 14.7 Å². The van der Waals surface area contributed by atoms with Crippen LogP contribution in [0.15, 0.2) is 18.2 Å². The van der Waals surface area contributed by atoms with Crippen LogP contribution in [0.1, 0.15) is 36.2 Å². The molecule has 0 unspecified atom stereocenters. The van der Waals surface area contributed by atoms with Gasteiger partial charge < -0.3 is 9.64 Å². The van der Waals surface area contributed by atoms with Crippen LogP contribution >= 0.6 is 0 Å². The van der Waals surface area contributed by atoms with Crippen LogP contribution in [0.25, 0.3) is 11.3 Å². The molecular formula is C20H21F3N4O3S. The Kier molecular flexibility index (Phi) is 4.50. The predicted octanol–water partition coefficient (Wildman–Crippen LogP) is 2.71. The molecule has 0 bridgehead atoms. The predicted molar refractivity (Wildman–Crippen MR) is 108 cm³/mol. The smallest absolute Gasteiger partial charge is 0.290 e. The van der Waals surface area contributed by atoms with E-state index in [-0.39, 0.29) is 37.6 Å². The van der Waals surface area contributed by atoms with Crippen LogP contribution in [-0.2, 0) is 22.4 Å². The van der Waals surface area contributed by atoms with E-state index in [0.29, 0.717) is 28.1 Å². The van der Waals surface area contributed by atoms with Crippen molar-refractivity contribution in [2.75, 3.05) is 24.3 Å². The van der Waals surface area contributed by atoms with Crippen molar-refractivity contribution in [3.63, 3.8) is 0 Å². The Labute approximate surface area is 177 Å². The van der Waals surface area contributed by atoms with Crippen molar-refractivity contribution in [2.45, 2.75) is 43.9 Å². The van der Waals surface area contributed by atoms with Crippen molar-refractivity contribution in [3.8, 4) is 17.0 Å². The zero-order valence-corrected chi connectivity index (χ0v) is 17.7. The Morgan fingerprint density at radius 3 is 2.74 bits per heavy atom. The molecule has 0 radical (unpaired) electrons. The summed E-state index contributed by atoms with van der Waals surface area (Å²) >= 11 is 0. The molecule has 3 atom stereocenters. The fourth-order valence-electron chi connectivity index (χ4n) is 4.32. The van der Waals surface area contributed by atoms with Crippen molar-refractivity contribution < 1.29 is 26.3 Å². The zero-order chi connectivity index (χ0) is 22.1. The number of hydrogen-bond donors (Lipinski definition) is 1. The van der Waals surface area contributed by atoms with Gasteiger partial charge in [-0.25, -0.2) is 27.5 Å². The molecule has 2 aromatic rings. The Morgan fingerprint density at radius 1 is 1.29 bits per heavy atom. The number of benzene rings is 1. The molecule has 166 valence electrons. The number of rotatable bonds is 4. The minimum atomic E-state index is -3.43. The third kappa shape index (κ3) is 3.43.